The Morgan fingerprint density at radius 2 is 1.66 bits per heavy atom. The van der Waals surface area contributed by atoms with E-state index in [9.17, 15) is 14.7 Å². The fraction of sp³-hybridized carbons (Fsp3) is 0.500. The van der Waals surface area contributed by atoms with Gasteiger partial charge in [-0.1, -0.05) is 99.2 Å². The molecular weight excluding hydrogens is 666 g/mol. The van der Waals surface area contributed by atoms with Crippen molar-refractivity contribution in [3.63, 3.8) is 0 Å². The number of hydrogen-bond acceptors (Lipinski definition) is 7. The summed E-state index contributed by atoms with van der Waals surface area (Å²) in [6.45, 7) is 13.1. The second kappa shape index (κ2) is 17.4. The fourth-order valence-electron chi connectivity index (χ4n) is 8.32. The van der Waals surface area contributed by atoms with E-state index in [-0.39, 0.29) is 48.8 Å². The summed E-state index contributed by atoms with van der Waals surface area (Å²) < 4.78 is 18.8. The minimum Gasteiger partial charge on any atom is -0.445 e. The number of piperidine rings is 1. The average molecular weight is 724 g/mol. The van der Waals surface area contributed by atoms with E-state index in [2.05, 4.69) is 65.4 Å². The highest BCUT2D eigenvalue weighted by Crippen LogP contribution is 2.44. The number of nitrogens with one attached hydrogen (secondary N) is 2. The van der Waals surface area contributed by atoms with Gasteiger partial charge in [-0.15, -0.1) is 0 Å². The molecule has 2 amide bonds. The highest BCUT2D eigenvalue weighted by Gasteiger charge is 2.46. The number of likely N-dealkylation sites (tertiary alicyclic amines) is 1. The van der Waals surface area contributed by atoms with E-state index in [0.29, 0.717) is 25.0 Å². The zero-order valence-electron chi connectivity index (χ0n) is 31.8. The molecule has 9 nitrogen and oxygen atoms in total. The number of ether oxygens (including phenoxy) is 3. The number of amides is 2. The second-order valence-electron chi connectivity index (χ2n) is 16.0. The van der Waals surface area contributed by atoms with Crippen LogP contribution < -0.4 is 10.6 Å². The van der Waals surface area contributed by atoms with Gasteiger partial charge in [0.1, 0.15) is 6.61 Å². The standard InChI is InChI=1S/C44H57N3O6/c1-6-24-51-43(50)45-26-31-10-9-12-36(25-31)32-18-20-35(21-19-32)42-52-39(29(2)40(53-42)34-16-14-30(28-48)15-17-34)27-47-37-13-8-7-11-33(37)22-23-38(47)41(49)46-44(3,4)5/h6,9-10,12,14-21,25,29,33,37-40,42,48H,1,7-8,11,13,22-24,26-28H2,2-5H3,(H,45,50)(H,46,49)/t29-,33-,37-,38-,39+,40+,42+/m1/s1. The van der Waals surface area contributed by atoms with E-state index >= 15 is 0 Å². The maximum atomic E-state index is 13.9. The molecule has 1 saturated carbocycles. The van der Waals surface area contributed by atoms with Gasteiger partial charge in [0.05, 0.1) is 24.9 Å². The third-order valence-electron chi connectivity index (χ3n) is 11.0. The van der Waals surface area contributed by atoms with Crippen LogP contribution in [0.2, 0.25) is 0 Å². The monoisotopic (exact) mass is 723 g/mol. The molecule has 7 atom stereocenters. The minimum atomic E-state index is -0.612. The lowest BCUT2D eigenvalue weighted by molar-refractivity contribution is -0.278. The Labute approximate surface area is 315 Å². The van der Waals surface area contributed by atoms with Gasteiger partial charge in [0.25, 0.3) is 0 Å². The molecule has 1 aliphatic carbocycles. The first kappa shape index (κ1) is 38.7. The van der Waals surface area contributed by atoms with Crippen LogP contribution in [0.5, 0.6) is 0 Å². The molecule has 3 aromatic carbocycles. The first-order chi connectivity index (χ1) is 25.5. The summed E-state index contributed by atoms with van der Waals surface area (Å²) in [4.78, 5) is 28.3. The van der Waals surface area contributed by atoms with Gasteiger partial charge in [0.15, 0.2) is 6.29 Å². The summed E-state index contributed by atoms with van der Waals surface area (Å²) in [6.07, 6.45) is 6.71. The molecule has 0 bridgehead atoms. The van der Waals surface area contributed by atoms with Crippen molar-refractivity contribution < 1.29 is 28.9 Å². The molecule has 0 spiro atoms. The Morgan fingerprint density at radius 1 is 0.925 bits per heavy atom. The van der Waals surface area contributed by atoms with Crippen LogP contribution >= 0.6 is 0 Å². The number of benzene rings is 3. The van der Waals surface area contributed by atoms with Crippen LogP contribution in [0.25, 0.3) is 11.1 Å². The normalized spacial score (nSPS) is 26.2. The van der Waals surface area contributed by atoms with Crippen molar-refractivity contribution >= 4 is 12.0 Å². The third kappa shape index (κ3) is 9.75. The van der Waals surface area contributed by atoms with E-state index in [1.807, 2.05) is 57.2 Å². The Bertz CT molecular complexity index is 1690. The average Bonchev–Trinajstić information content (AvgIpc) is 3.16. The zero-order valence-corrected chi connectivity index (χ0v) is 31.8. The summed E-state index contributed by atoms with van der Waals surface area (Å²) in [5, 5.41) is 15.8. The van der Waals surface area contributed by atoms with Crippen LogP contribution in [0.3, 0.4) is 0 Å². The molecule has 0 radical (unpaired) electrons. The number of nitrogens with zero attached hydrogens (tertiary/aromatic N) is 1. The molecule has 6 rings (SSSR count). The largest absolute Gasteiger partial charge is 0.445 e. The van der Waals surface area contributed by atoms with Crippen molar-refractivity contribution in [3.05, 3.63) is 108 Å². The predicted molar refractivity (Wildman–Crippen MR) is 207 cm³/mol. The lowest BCUT2D eigenvalue weighted by Gasteiger charge is -2.51. The third-order valence-corrected chi connectivity index (χ3v) is 11.0. The maximum absolute atomic E-state index is 13.9. The van der Waals surface area contributed by atoms with Gasteiger partial charge < -0.3 is 30.0 Å². The van der Waals surface area contributed by atoms with Crippen LogP contribution in [-0.2, 0) is 32.2 Å². The Morgan fingerprint density at radius 3 is 2.38 bits per heavy atom. The van der Waals surface area contributed by atoms with Crippen molar-refractivity contribution in [2.75, 3.05) is 13.2 Å². The van der Waals surface area contributed by atoms with E-state index in [0.717, 1.165) is 52.6 Å². The predicted octanol–water partition coefficient (Wildman–Crippen LogP) is 7.99. The van der Waals surface area contributed by atoms with Crippen molar-refractivity contribution in [2.24, 2.45) is 11.8 Å². The number of aliphatic hydroxyl groups is 1. The number of rotatable bonds is 11. The molecular formula is C44H57N3O6. The Balaban J connectivity index is 1.25. The number of alkyl carbamates (subject to hydrolysis) is 1. The van der Waals surface area contributed by atoms with E-state index in [1.54, 1.807) is 0 Å². The van der Waals surface area contributed by atoms with Crippen LogP contribution in [0.1, 0.15) is 101 Å². The SMILES string of the molecule is C=CCOC(=O)NCc1cccc(-c2ccc([C@H]3O[C@@H](CN4[C@@H](C(=O)NC(C)(C)C)CC[C@H]5CCCC[C@H]54)[C@@H](C)[C@@H](c4ccc(CO)cc4)O3)cc2)c1. The van der Waals surface area contributed by atoms with Gasteiger partial charge in [0, 0.05) is 36.2 Å². The van der Waals surface area contributed by atoms with Gasteiger partial charge in [-0.25, -0.2) is 4.79 Å². The van der Waals surface area contributed by atoms with E-state index in [4.69, 9.17) is 14.2 Å². The summed E-state index contributed by atoms with van der Waals surface area (Å²) >= 11 is 0. The minimum absolute atomic E-state index is 0.00574. The topological polar surface area (TPSA) is 109 Å². The highest BCUT2D eigenvalue weighted by molar-refractivity contribution is 5.82. The number of aliphatic hydroxyl groups excluding tert-OH is 1. The van der Waals surface area contributed by atoms with Crippen molar-refractivity contribution in [1.82, 2.24) is 15.5 Å². The van der Waals surface area contributed by atoms with Crippen LogP contribution in [0.15, 0.2) is 85.5 Å². The molecule has 0 aromatic heterocycles. The molecule has 2 heterocycles. The van der Waals surface area contributed by atoms with E-state index in [1.165, 1.54) is 25.3 Å². The van der Waals surface area contributed by atoms with Gasteiger partial charge in [-0.2, -0.15) is 0 Å². The molecule has 0 unspecified atom stereocenters. The molecule has 3 aromatic rings. The fourth-order valence-corrected chi connectivity index (χ4v) is 8.32. The van der Waals surface area contributed by atoms with Gasteiger partial charge in [-0.05, 0) is 86.3 Å². The number of carbonyl (C=O) groups excluding carboxylic acids is 2. The summed E-state index contributed by atoms with van der Waals surface area (Å²) in [6, 6.07) is 24.5. The van der Waals surface area contributed by atoms with Crippen LogP contribution in [-0.4, -0.2) is 58.9 Å². The molecule has 2 saturated heterocycles. The summed E-state index contributed by atoms with van der Waals surface area (Å²) in [7, 11) is 0. The van der Waals surface area contributed by atoms with Crippen molar-refractivity contribution in [3.8, 4) is 11.1 Å². The first-order valence-electron chi connectivity index (χ1n) is 19.3. The van der Waals surface area contributed by atoms with Crippen LogP contribution in [0, 0.1) is 11.8 Å². The molecule has 3 aliphatic rings. The number of carbonyl (C=O) groups is 2. The summed E-state index contributed by atoms with van der Waals surface area (Å²) in [5.74, 6) is 0.714. The number of hydrogen-bond donors (Lipinski definition) is 3. The lowest BCUT2D eigenvalue weighted by atomic mass is 9.75. The maximum Gasteiger partial charge on any atom is 0.407 e. The molecule has 3 N–H and O–H groups in total. The lowest BCUT2D eigenvalue weighted by Crippen LogP contribution is -2.61. The van der Waals surface area contributed by atoms with Gasteiger partial charge in [-0.3, -0.25) is 9.69 Å². The Kier molecular flexibility index (Phi) is 12.7. The number of fused-ring (bicyclic) bond motifs is 1. The van der Waals surface area contributed by atoms with Gasteiger partial charge in [0.2, 0.25) is 5.91 Å². The van der Waals surface area contributed by atoms with E-state index < -0.39 is 12.4 Å². The molecule has 9 heteroatoms. The van der Waals surface area contributed by atoms with Crippen LogP contribution in [0.4, 0.5) is 4.79 Å². The molecule has 53 heavy (non-hydrogen) atoms. The second-order valence-corrected chi connectivity index (χ2v) is 16.0. The summed E-state index contributed by atoms with van der Waals surface area (Å²) in [5.41, 5.74) is 5.53. The Hall–Kier alpha value is -4.02. The smallest absolute Gasteiger partial charge is 0.407 e. The highest BCUT2D eigenvalue weighted by atomic mass is 16.7. The van der Waals surface area contributed by atoms with Crippen molar-refractivity contribution in [1.29, 1.82) is 0 Å². The van der Waals surface area contributed by atoms with Crippen molar-refractivity contribution in [2.45, 2.75) is 115 Å². The molecule has 2 aliphatic heterocycles. The first-order valence-corrected chi connectivity index (χ1v) is 19.3. The quantitative estimate of drug-likeness (QED) is 0.172. The molecule has 284 valence electrons. The van der Waals surface area contributed by atoms with Gasteiger partial charge >= 0.3 is 6.09 Å². The molecule has 3 fully saturated rings. The zero-order chi connectivity index (χ0) is 37.5.